The van der Waals surface area contributed by atoms with E-state index >= 15 is 0 Å². The number of hydrogen-bond donors (Lipinski definition) is 4. The first-order chi connectivity index (χ1) is 15.6. The predicted molar refractivity (Wildman–Crippen MR) is 112 cm³/mol. The molecule has 0 aliphatic heterocycles. The van der Waals surface area contributed by atoms with Gasteiger partial charge in [-0.15, -0.1) is 0 Å². The van der Waals surface area contributed by atoms with Gasteiger partial charge in [-0.25, -0.2) is 14.4 Å². The van der Waals surface area contributed by atoms with E-state index in [2.05, 4.69) is 15.6 Å². The molecule has 4 N–H and O–H groups in total. The monoisotopic (exact) mass is 461 g/mol. The van der Waals surface area contributed by atoms with Crippen molar-refractivity contribution in [2.45, 2.75) is 12.2 Å². The van der Waals surface area contributed by atoms with Gasteiger partial charge in [0, 0.05) is 18.1 Å². The van der Waals surface area contributed by atoms with Crippen molar-refractivity contribution >= 4 is 23.7 Å². The molecule has 1 unspecified atom stereocenters. The highest BCUT2D eigenvalue weighted by atomic mass is 19.4. The third kappa shape index (κ3) is 7.98. The number of halogens is 3. The summed E-state index contributed by atoms with van der Waals surface area (Å²) in [6, 6.07) is 17.9. The van der Waals surface area contributed by atoms with Crippen molar-refractivity contribution in [2.24, 2.45) is 0 Å². The van der Waals surface area contributed by atoms with Crippen LogP contribution in [0.4, 0.5) is 23.7 Å². The number of hydrogen-bond acceptors (Lipinski definition) is 4. The van der Waals surface area contributed by atoms with Gasteiger partial charge in [0.2, 0.25) is 0 Å². The fourth-order valence-corrected chi connectivity index (χ4v) is 2.52. The first kappa shape index (κ1) is 24.9. The maximum atomic E-state index is 12.2. The van der Waals surface area contributed by atoms with Crippen LogP contribution in [0.3, 0.4) is 0 Å². The lowest BCUT2D eigenvalue weighted by atomic mass is 10.1. The number of carboxylic acid groups (broad SMARTS) is 2. The number of amides is 2. The van der Waals surface area contributed by atoms with E-state index in [0.29, 0.717) is 11.3 Å². The van der Waals surface area contributed by atoms with Crippen LogP contribution in [0.5, 0.6) is 0 Å². The Kier molecular flexibility index (Phi) is 8.49. The zero-order valence-corrected chi connectivity index (χ0v) is 16.8. The molecular formula is C22H18F3N3O5. The van der Waals surface area contributed by atoms with E-state index in [1.165, 1.54) is 0 Å². The van der Waals surface area contributed by atoms with E-state index in [9.17, 15) is 27.9 Å². The number of pyridine rings is 1. The molecular weight excluding hydrogens is 443 g/mol. The molecule has 172 valence electrons. The summed E-state index contributed by atoms with van der Waals surface area (Å²) < 4.78 is 31.7. The van der Waals surface area contributed by atoms with Crippen LogP contribution in [0, 0.1) is 0 Å². The van der Waals surface area contributed by atoms with Gasteiger partial charge in [0.15, 0.2) is 6.04 Å². The summed E-state index contributed by atoms with van der Waals surface area (Å²) >= 11 is 0. The van der Waals surface area contributed by atoms with Crippen molar-refractivity contribution in [1.82, 2.24) is 10.3 Å². The van der Waals surface area contributed by atoms with Gasteiger partial charge in [-0.05, 0) is 41.0 Å². The van der Waals surface area contributed by atoms with Gasteiger partial charge < -0.3 is 20.8 Å². The average molecular weight is 461 g/mol. The zero-order chi connectivity index (χ0) is 24.4. The normalized spacial score (nSPS) is 11.4. The molecule has 0 spiro atoms. The second-order valence-electron chi connectivity index (χ2n) is 6.40. The lowest BCUT2D eigenvalue weighted by Crippen LogP contribution is -2.36. The van der Waals surface area contributed by atoms with Crippen molar-refractivity contribution < 1.29 is 37.8 Å². The summed E-state index contributed by atoms with van der Waals surface area (Å²) in [5, 5.41) is 21.6. The molecule has 11 heteroatoms. The smallest absolute Gasteiger partial charge is 0.479 e. The highest BCUT2D eigenvalue weighted by molar-refractivity contribution is 5.92. The topological polar surface area (TPSA) is 129 Å². The molecule has 33 heavy (non-hydrogen) atoms. The Balaban J connectivity index is 0.000000479. The number of carbonyl (C=O) groups excluding carboxylic acids is 1. The highest BCUT2D eigenvalue weighted by Crippen LogP contribution is 2.21. The van der Waals surface area contributed by atoms with Crippen molar-refractivity contribution in [1.29, 1.82) is 0 Å². The summed E-state index contributed by atoms with van der Waals surface area (Å²) in [5.41, 5.74) is 3.08. The molecule has 1 aromatic heterocycles. The lowest BCUT2D eigenvalue weighted by Gasteiger charge is -2.15. The SMILES string of the molecule is O=C(Nc1ccc(-c2ccncc2)cc1)NC(C(=O)O)c1ccccc1.O=C(O)C(F)(F)F. The largest absolute Gasteiger partial charge is 0.490 e. The van der Waals surface area contributed by atoms with Crippen LogP contribution in [0.15, 0.2) is 79.1 Å². The number of anilines is 1. The molecule has 0 bridgehead atoms. The predicted octanol–water partition coefficient (Wildman–Crippen LogP) is 4.33. The standard InChI is InChI=1S/C20H17N3O3.C2HF3O2/c24-19(25)18(16-4-2-1-3-5-16)23-20(26)22-17-8-6-14(7-9-17)15-10-12-21-13-11-15;3-2(4,5)1(6)7/h1-13,18H,(H,24,25)(H2,22,23,26);(H,6,7). The molecule has 2 amide bonds. The number of aromatic nitrogens is 1. The number of rotatable bonds is 5. The van der Waals surface area contributed by atoms with Gasteiger partial charge in [0.1, 0.15) is 0 Å². The molecule has 3 rings (SSSR count). The minimum atomic E-state index is -5.08. The fourth-order valence-electron chi connectivity index (χ4n) is 2.52. The number of aliphatic carboxylic acids is 2. The van der Waals surface area contributed by atoms with Crippen LogP contribution < -0.4 is 10.6 Å². The van der Waals surface area contributed by atoms with Crippen molar-refractivity contribution in [3.63, 3.8) is 0 Å². The van der Waals surface area contributed by atoms with E-state index in [1.807, 2.05) is 24.3 Å². The highest BCUT2D eigenvalue weighted by Gasteiger charge is 2.38. The number of benzene rings is 2. The Hall–Kier alpha value is -4.41. The zero-order valence-electron chi connectivity index (χ0n) is 16.8. The van der Waals surface area contributed by atoms with Crippen LogP contribution in [0.2, 0.25) is 0 Å². The molecule has 0 aliphatic rings. The average Bonchev–Trinajstić information content (AvgIpc) is 2.79. The number of carboxylic acids is 2. The summed E-state index contributed by atoms with van der Waals surface area (Å²) in [7, 11) is 0. The van der Waals surface area contributed by atoms with E-state index in [0.717, 1.165) is 11.1 Å². The number of nitrogens with zero attached hydrogens (tertiary/aromatic N) is 1. The summed E-state index contributed by atoms with van der Waals surface area (Å²) in [5.74, 6) is -3.88. The van der Waals surface area contributed by atoms with E-state index < -0.39 is 30.2 Å². The number of alkyl halides is 3. The molecule has 1 heterocycles. The Morgan fingerprint density at radius 2 is 1.33 bits per heavy atom. The van der Waals surface area contributed by atoms with Crippen LogP contribution in [0.25, 0.3) is 11.1 Å². The van der Waals surface area contributed by atoms with E-state index in [4.69, 9.17) is 9.90 Å². The van der Waals surface area contributed by atoms with Gasteiger partial charge >= 0.3 is 24.1 Å². The number of nitrogens with one attached hydrogen (secondary N) is 2. The molecule has 0 radical (unpaired) electrons. The second-order valence-corrected chi connectivity index (χ2v) is 6.40. The quantitative estimate of drug-likeness (QED) is 0.448. The van der Waals surface area contributed by atoms with Crippen molar-refractivity contribution in [2.75, 3.05) is 5.32 Å². The van der Waals surface area contributed by atoms with Gasteiger partial charge in [-0.2, -0.15) is 13.2 Å². The molecule has 2 aromatic carbocycles. The lowest BCUT2D eigenvalue weighted by molar-refractivity contribution is -0.192. The first-order valence-corrected chi connectivity index (χ1v) is 9.24. The minimum absolute atomic E-state index is 0.503. The Labute approximate surface area is 185 Å². The minimum Gasteiger partial charge on any atom is -0.479 e. The summed E-state index contributed by atoms with van der Waals surface area (Å²) in [6.07, 6.45) is -1.66. The molecule has 1 atom stereocenters. The second kappa shape index (κ2) is 11.3. The van der Waals surface area contributed by atoms with E-state index in [1.54, 1.807) is 54.9 Å². The van der Waals surface area contributed by atoms with Crippen LogP contribution >= 0.6 is 0 Å². The van der Waals surface area contributed by atoms with Crippen LogP contribution in [-0.2, 0) is 9.59 Å². The summed E-state index contributed by atoms with van der Waals surface area (Å²) in [6.45, 7) is 0. The van der Waals surface area contributed by atoms with E-state index in [-0.39, 0.29) is 0 Å². The molecule has 0 aliphatic carbocycles. The third-order valence-corrected chi connectivity index (χ3v) is 4.05. The molecule has 3 aromatic rings. The van der Waals surface area contributed by atoms with Gasteiger partial charge in [-0.3, -0.25) is 4.98 Å². The number of carbonyl (C=O) groups is 3. The molecule has 0 saturated heterocycles. The molecule has 8 nitrogen and oxygen atoms in total. The third-order valence-electron chi connectivity index (χ3n) is 4.05. The first-order valence-electron chi connectivity index (χ1n) is 9.24. The summed E-state index contributed by atoms with van der Waals surface area (Å²) in [4.78, 5) is 36.5. The Morgan fingerprint density at radius 1 is 0.818 bits per heavy atom. The van der Waals surface area contributed by atoms with Crippen LogP contribution in [-0.4, -0.2) is 39.3 Å². The molecule has 0 saturated carbocycles. The van der Waals surface area contributed by atoms with Crippen molar-refractivity contribution in [3.05, 3.63) is 84.7 Å². The van der Waals surface area contributed by atoms with Gasteiger partial charge in [0.25, 0.3) is 0 Å². The maximum Gasteiger partial charge on any atom is 0.490 e. The van der Waals surface area contributed by atoms with Gasteiger partial charge in [-0.1, -0.05) is 42.5 Å². The Morgan fingerprint density at radius 3 is 1.82 bits per heavy atom. The van der Waals surface area contributed by atoms with Gasteiger partial charge in [0.05, 0.1) is 0 Å². The maximum absolute atomic E-state index is 12.2. The Bertz CT molecular complexity index is 1080. The number of urea groups is 1. The molecule has 0 fully saturated rings. The van der Waals surface area contributed by atoms with Crippen molar-refractivity contribution in [3.8, 4) is 11.1 Å². The van der Waals surface area contributed by atoms with Crippen LogP contribution in [0.1, 0.15) is 11.6 Å². The fraction of sp³-hybridized carbons (Fsp3) is 0.0909.